The average Bonchev–Trinajstić information content (AvgIpc) is 2.25. The Kier molecular flexibility index (Phi) is 4.72. The number of ketones is 1. The van der Waals surface area contributed by atoms with Crippen molar-refractivity contribution in [2.24, 2.45) is 0 Å². The van der Waals surface area contributed by atoms with Gasteiger partial charge < -0.3 is 9.84 Å². The van der Waals surface area contributed by atoms with E-state index in [1.807, 2.05) is 0 Å². The fraction of sp³-hybridized carbons (Fsp3) is 0.417. The van der Waals surface area contributed by atoms with E-state index in [0.717, 1.165) is 12.2 Å². The molecule has 1 saturated heterocycles. The van der Waals surface area contributed by atoms with E-state index < -0.39 is 23.9 Å². The number of ether oxygens (including phenoxy) is 1. The lowest BCUT2D eigenvalue weighted by atomic mass is 9.98. The molecule has 0 aromatic heterocycles. The Hall–Kier alpha value is -1.33. The van der Waals surface area contributed by atoms with E-state index in [4.69, 9.17) is 9.53 Å². The maximum Gasteiger partial charge on any atom is 0.321 e. The number of aliphatic hydroxyl groups excluding tert-OH is 1. The van der Waals surface area contributed by atoms with Crippen molar-refractivity contribution in [3.63, 3.8) is 0 Å². The predicted octanol–water partition coefficient (Wildman–Crippen LogP) is 1.96. The number of aliphatic hydroxyl groups is 1. The lowest BCUT2D eigenvalue weighted by molar-refractivity contribution is -0.0164. The molecular weight excluding hydrogens is 230 g/mol. The minimum absolute atomic E-state index is 0.00503. The molecule has 1 aliphatic heterocycles. The minimum atomic E-state index is -1.05. The molecule has 94 valence electrons. The molecule has 2 atom stereocenters. The first-order chi connectivity index (χ1) is 7.91. The largest absolute Gasteiger partial charge is 0.389 e. The van der Waals surface area contributed by atoms with Gasteiger partial charge in [0.05, 0.1) is 18.4 Å². The van der Waals surface area contributed by atoms with E-state index in [9.17, 15) is 13.9 Å². The summed E-state index contributed by atoms with van der Waals surface area (Å²) in [5.41, 5.74) is -0.0671. The summed E-state index contributed by atoms with van der Waals surface area (Å²) < 4.78 is 31.0. The van der Waals surface area contributed by atoms with Crippen LogP contribution in [0.4, 0.5) is 8.78 Å². The second-order valence-corrected chi connectivity index (χ2v) is 3.86. The van der Waals surface area contributed by atoms with Crippen LogP contribution in [-0.2, 0) is 4.74 Å². The van der Waals surface area contributed by atoms with Crippen LogP contribution in [0, 0.1) is 0 Å². The Morgan fingerprint density at radius 1 is 1.53 bits per heavy atom. The first-order valence-electron chi connectivity index (χ1n) is 5.14. The summed E-state index contributed by atoms with van der Waals surface area (Å²) in [4.78, 5) is 9.13. The second kappa shape index (κ2) is 5.84. The van der Waals surface area contributed by atoms with Gasteiger partial charge in [-0.3, -0.25) is 4.79 Å². The van der Waals surface area contributed by atoms with Crippen LogP contribution in [-0.4, -0.2) is 34.5 Å². The summed E-state index contributed by atoms with van der Waals surface area (Å²) in [6.45, 7) is 4.58. The van der Waals surface area contributed by atoms with E-state index in [-0.39, 0.29) is 24.4 Å². The van der Waals surface area contributed by atoms with Gasteiger partial charge >= 0.3 is 5.78 Å². The van der Waals surface area contributed by atoms with E-state index in [1.165, 1.54) is 6.92 Å². The Morgan fingerprint density at radius 2 is 2.18 bits per heavy atom. The molecule has 2 N–H and O–H groups in total. The van der Waals surface area contributed by atoms with Crippen LogP contribution in [0.3, 0.4) is 0 Å². The molecular formula is C12H15F2O3+. The molecule has 0 aromatic carbocycles. The maximum atomic E-state index is 13.5. The molecule has 0 saturated carbocycles. The molecule has 3 nitrogen and oxygen atoms in total. The molecule has 0 unspecified atom stereocenters. The van der Waals surface area contributed by atoms with E-state index >= 15 is 0 Å². The highest BCUT2D eigenvalue weighted by Gasteiger charge is 2.34. The van der Waals surface area contributed by atoms with Crippen molar-refractivity contribution in [1.82, 2.24) is 0 Å². The highest BCUT2D eigenvalue weighted by molar-refractivity contribution is 5.82. The zero-order valence-corrected chi connectivity index (χ0v) is 9.49. The smallest absolute Gasteiger partial charge is 0.321 e. The summed E-state index contributed by atoms with van der Waals surface area (Å²) in [7, 11) is 0. The van der Waals surface area contributed by atoms with Crippen molar-refractivity contribution in [3.8, 4) is 0 Å². The van der Waals surface area contributed by atoms with E-state index in [0.29, 0.717) is 0 Å². The van der Waals surface area contributed by atoms with E-state index in [1.54, 1.807) is 0 Å². The summed E-state index contributed by atoms with van der Waals surface area (Å²) in [6.07, 6.45) is -0.0680. The van der Waals surface area contributed by atoms with Gasteiger partial charge in [-0.05, 0) is 19.1 Å². The first-order valence-corrected chi connectivity index (χ1v) is 5.14. The van der Waals surface area contributed by atoms with Gasteiger partial charge in [-0.1, -0.05) is 6.58 Å². The molecule has 0 bridgehead atoms. The standard InChI is InChI=1S/C12H14F2O3/c1-7(13)3-4-10(14)8(2)12-11(16)5-9(15)6-17-12/h3-4,11-12,16H,2,5-6H2,1H3/p+1/b7-3+,10-4+/t11-,12-/m1/s1. The topological polar surface area (TPSA) is 50.9 Å². The molecule has 0 aliphatic carbocycles. The highest BCUT2D eigenvalue weighted by atomic mass is 19.1. The average molecular weight is 245 g/mol. The number of rotatable bonds is 3. The van der Waals surface area contributed by atoms with Gasteiger partial charge in [0.15, 0.2) is 6.61 Å². The van der Waals surface area contributed by atoms with Gasteiger partial charge in [-0.15, -0.1) is 0 Å². The highest BCUT2D eigenvalue weighted by Crippen LogP contribution is 2.24. The second-order valence-electron chi connectivity index (χ2n) is 3.86. The van der Waals surface area contributed by atoms with Crippen LogP contribution in [0.1, 0.15) is 13.3 Å². The summed E-state index contributed by atoms with van der Waals surface area (Å²) in [6, 6.07) is 0. The van der Waals surface area contributed by atoms with Crippen LogP contribution in [0.15, 0.2) is 36.0 Å². The normalized spacial score (nSPS) is 27.2. The molecule has 0 spiro atoms. The van der Waals surface area contributed by atoms with Crippen LogP contribution in [0.2, 0.25) is 0 Å². The molecule has 0 radical (unpaired) electrons. The monoisotopic (exact) mass is 245 g/mol. The predicted molar refractivity (Wildman–Crippen MR) is 60.5 cm³/mol. The third-order valence-corrected chi connectivity index (χ3v) is 2.33. The molecule has 1 heterocycles. The summed E-state index contributed by atoms with van der Waals surface area (Å²) >= 11 is 0. The van der Waals surface area contributed by atoms with Gasteiger partial charge in [0.2, 0.25) is 0 Å². The van der Waals surface area contributed by atoms with Crippen LogP contribution < -0.4 is 0 Å². The number of carbonyl (C=O) groups excluding carboxylic acids is 1. The maximum absolute atomic E-state index is 13.5. The Morgan fingerprint density at radius 3 is 2.71 bits per heavy atom. The van der Waals surface area contributed by atoms with Gasteiger partial charge in [0.25, 0.3) is 0 Å². The van der Waals surface area contributed by atoms with Gasteiger partial charge in [-0.25, -0.2) is 8.78 Å². The lowest BCUT2D eigenvalue weighted by Gasteiger charge is -2.26. The Bertz CT molecular complexity index is 381. The number of halogens is 2. The van der Waals surface area contributed by atoms with Crippen LogP contribution in [0.25, 0.3) is 0 Å². The molecule has 5 heteroatoms. The van der Waals surface area contributed by atoms with Crippen molar-refractivity contribution in [3.05, 3.63) is 36.0 Å². The van der Waals surface area contributed by atoms with Crippen molar-refractivity contribution in [1.29, 1.82) is 0 Å². The third kappa shape index (κ3) is 3.87. The fourth-order valence-corrected chi connectivity index (χ4v) is 1.47. The molecule has 0 aromatic rings. The fourth-order valence-electron chi connectivity index (χ4n) is 1.47. The van der Waals surface area contributed by atoms with Crippen LogP contribution >= 0.6 is 0 Å². The summed E-state index contributed by atoms with van der Waals surface area (Å²) in [5.74, 6) is -1.29. The zero-order chi connectivity index (χ0) is 13.0. The molecule has 0 amide bonds. The molecule has 1 rings (SSSR count). The minimum Gasteiger partial charge on any atom is -0.389 e. The van der Waals surface area contributed by atoms with Crippen molar-refractivity contribution in [2.45, 2.75) is 25.6 Å². The van der Waals surface area contributed by atoms with Crippen molar-refractivity contribution >= 4 is 5.78 Å². The quantitative estimate of drug-likeness (QED) is 0.610. The van der Waals surface area contributed by atoms with Gasteiger partial charge in [-0.2, -0.15) is 0 Å². The van der Waals surface area contributed by atoms with Crippen molar-refractivity contribution in [2.75, 3.05) is 6.61 Å². The summed E-state index contributed by atoms with van der Waals surface area (Å²) in [5, 5.41) is 9.59. The Labute approximate surface area is 98.1 Å². The van der Waals surface area contributed by atoms with E-state index in [2.05, 4.69) is 6.58 Å². The molecule has 17 heavy (non-hydrogen) atoms. The van der Waals surface area contributed by atoms with Gasteiger partial charge in [0, 0.05) is 5.57 Å². The number of allylic oxidation sites excluding steroid dienone is 3. The number of hydrogen-bond donors (Lipinski definition) is 1. The SMILES string of the molecule is C=C(/C(F)=C\C=C(/C)F)[C@H]1OCC(=[OH+])C[C@H]1O. The molecule has 1 fully saturated rings. The third-order valence-electron chi connectivity index (χ3n) is 2.33. The lowest BCUT2D eigenvalue weighted by Crippen LogP contribution is -2.40. The van der Waals surface area contributed by atoms with Crippen molar-refractivity contribution < 1.29 is 23.4 Å². The molecule has 1 aliphatic rings. The van der Waals surface area contributed by atoms with Crippen LogP contribution in [0.5, 0.6) is 0 Å². The number of hydrogen-bond acceptors (Lipinski definition) is 2. The Balaban J connectivity index is 2.73. The zero-order valence-electron chi connectivity index (χ0n) is 9.49. The van der Waals surface area contributed by atoms with Gasteiger partial charge in [0.1, 0.15) is 11.9 Å². The first kappa shape index (κ1) is 13.7.